The van der Waals surface area contributed by atoms with Gasteiger partial charge in [0.25, 0.3) is 0 Å². The Kier molecular flexibility index (Phi) is 4.43. The molecule has 0 amide bonds. The van der Waals surface area contributed by atoms with Crippen molar-refractivity contribution in [2.45, 2.75) is 45.5 Å². The summed E-state index contributed by atoms with van der Waals surface area (Å²) in [6.45, 7) is 3.99. The smallest absolute Gasteiger partial charge is 0.383 e. The Balaban J connectivity index is 3.01. The molecule has 0 unspecified atom stereocenters. The first kappa shape index (κ1) is 14.3. The van der Waals surface area contributed by atoms with E-state index in [2.05, 4.69) is 5.10 Å². The van der Waals surface area contributed by atoms with Crippen LogP contribution in [0.15, 0.2) is 0 Å². The molecular weight excluding hydrogens is 257 g/mol. The van der Waals surface area contributed by atoms with Crippen LogP contribution in [-0.4, -0.2) is 27.2 Å². The summed E-state index contributed by atoms with van der Waals surface area (Å²) in [6.07, 6.45) is -7.07. The lowest BCUT2D eigenvalue weighted by molar-refractivity contribution is -0.203. The Bertz CT molecular complexity index is 390. The highest BCUT2D eigenvalue weighted by Crippen LogP contribution is 2.28. The van der Waals surface area contributed by atoms with Gasteiger partial charge in [0.05, 0.1) is 16.4 Å². The molecule has 98 valence electrons. The fourth-order valence-electron chi connectivity index (χ4n) is 1.51. The molecule has 0 fully saturated rings. The molecule has 1 aromatic heterocycles. The average Bonchev–Trinajstić information content (AvgIpc) is 2.54. The number of nitrogens with zero attached hydrogens (tertiary/aromatic N) is 2. The van der Waals surface area contributed by atoms with Crippen molar-refractivity contribution in [2.75, 3.05) is 0 Å². The Morgan fingerprint density at radius 1 is 1.41 bits per heavy atom. The summed E-state index contributed by atoms with van der Waals surface area (Å²) in [4.78, 5) is 0. The highest BCUT2D eigenvalue weighted by atomic mass is 35.5. The van der Waals surface area contributed by atoms with E-state index < -0.39 is 18.7 Å². The molecule has 1 rings (SSSR count). The van der Waals surface area contributed by atoms with Crippen LogP contribution in [0.3, 0.4) is 0 Å². The minimum atomic E-state index is -4.64. The zero-order valence-corrected chi connectivity index (χ0v) is 10.3. The maximum Gasteiger partial charge on any atom is 0.414 e. The van der Waals surface area contributed by atoms with Crippen molar-refractivity contribution in [3.63, 3.8) is 0 Å². The molecule has 1 aromatic rings. The molecule has 0 spiro atoms. The minimum Gasteiger partial charge on any atom is -0.383 e. The van der Waals surface area contributed by atoms with Crippen molar-refractivity contribution < 1.29 is 18.3 Å². The summed E-state index contributed by atoms with van der Waals surface area (Å²) < 4.78 is 38.2. The van der Waals surface area contributed by atoms with E-state index in [9.17, 15) is 13.2 Å². The third-order valence-corrected chi connectivity index (χ3v) is 2.89. The SMILES string of the molecule is CCc1nn(CC)c(C[C@H](O)C(F)(F)F)c1Cl. The van der Waals surface area contributed by atoms with Crippen LogP contribution in [-0.2, 0) is 19.4 Å². The van der Waals surface area contributed by atoms with Crippen LogP contribution in [0.25, 0.3) is 0 Å². The van der Waals surface area contributed by atoms with Gasteiger partial charge in [-0.05, 0) is 13.3 Å². The van der Waals surface area contributed by atoms with Gasteiger partial charge in [-0.15, -0.1) is 0 Å². The van der Waals surface area contributed by atoms with Crippen LogP contribution < -0.4 is 0 Å². The van der Waals surface area contributed by atoms with Crippen molar-refractivity contribution in [3.05, 3.63) is 16.4 Å². The van der Waals surface area contributed by atoms with E-state index in [0.717, 1.165) is 0 Å². The van der Waals surface area contributed by atoms with E-state index in [0.29, 0.717) is 18.7 Å². The molecule has 1 atom stereocenters. The first-order valence-electron chi connectivity index (χ1n) is 5.30. The molecule has 0 saturated carbocycles. The number of aliphatic hydroxyl groups excluding tert-OH is 1. The summed E-state index contributed by atoms with van der Waals surface area (Å²) in [5.41, 5.74) is 0.786. The molecule has 0 saturated heterocycles. The van der Waals surface area contributed by atoms with Crippen LogP contribution >= 0.6 is 11.6 Å². The number of halogens is 4. The second kappa shape index (κ2) is 5.27. The lowest BCUT2D eigenvalue weighted by Gasteiger charge is -2.15. The molecule has 0 aliphatic rings. The van der Waals surface area contributed by atoms with E-state index in [1.54, 1.807) is 6.92 Å². The quantitative estimate of drug-likeness (QED) is 0.913. The topological polar surface area (TPSA) is 38.0 Å². The molecule has 0 aliphatic carbocycles. The lowest BCUT2D eigenvalue weighted by Crippen LogP contribution is -2.31. The molecule has 0 aliphatic heterocycles. The summed E-state index contributed by atoms with van der Waals surface area (Å²) in [5, 5.41) is 13.3. The van der Waals surface area contributed by atoms with Gasteiger partial charge < -0.3 is 5.11 Å². The standard InChI is InChI=1S/C10H14ClF3N2O/c1-3-6-9(11)7(16(4-2)15-6)5-8(17)10(12,13)14/h8,17H,3-5H2,1-2H3/t8-/m0/s1. The van der Waals surface area contributed by atoms with Crippen LogP contribution in [0, 0.1) is 0 Å². The van der Waals surface area contributed by atoms with E-state index in [1.807, 2.05) is 6.92 Å². The van der Waals surface area contributed by atoms with Crippen LogP contribution in [0.1, 0.15) is 25.2 Å². The molecule has 0 bridgehead atoms. The van der Waals surface area contributed by atoms with E-state index in [1.165, 1.54) is 4.68 Å². The van der Waals surface area contributed by atoms with Gasteiger partial charge in [-0.2, -0.15) is 18.3 Å². The van der Waals surface area contributed by atoms with E-state index >= 15 is 0 Å². The molecule has 1 N–H and O–H groups in total. The molecule has 17 heavy (non-hydrogen) atoms. The Morgan fingerprint density at radius 2 is 2.00 bits per heavy atom. The number of rotatable bonds is 4. The van der Waals surface area contributed by atoms with Gasteiger partial charge in [0.2, 0.25) is 0 Å². The Morgan fingerprint density at radius 3 is 2.41 bits per heavy atom. The number of aliphatic hydroxyl groups is 1. The maximum atomic E-state index is 12.3. The summed E-state index contributed by atoms with van der Waals surface area (Å²) in [6, 6.07) is 0. The predicted octanol–water partition coefficient (Wildman–Crippen LogP) is 2.58. The van der Waals surface area contributed by atoms with E-state index in [-0.39, 0.29) is 10.7 Å². The van der Waals surface area contributed by atoms with Crippen molar-refractivity contribution in [1.29, 1.82) is 0 Å². The molecule has 7 heteroatoms. The van der Waals surface area contributed by atoms with Gasteiger partial charge >= 0.3 is 6.18 Å². The molecule has 0 aromatic carbocycles. The second-order valence-electron chi connectivity index (χ2n) is 3.64. The Hall–Kier alpha value is -0.750. The summed E-state index contributed by atoms with van der Waals surface area (Å²) >= 11 is 5.94. The molecular formula is C10H14ClF3N2O. The predicted molar refractivity (Wildman–Crippen MR) is 58.1 cm³/mol. The molecule has 0 radical (unpaired) electrons. The van der Waals surface area contributed by atoms with Gasteiger partial charge in [-0.25, -0.2) is 0 Å². The van der Waals surface area contributed by atoms with Crippen molar-refractivity contribution in [2.24, 2.45) is 0 Å². The highest BCUT2D eigenvalue weighted by molar-refractivity contribution is 6.31. The number of aryl methyl sites for hydroxylation is 2. The molecule has 3 nitrogen and oxygen atoms in total. The minimum absolute atomic E-state index is 0.220. The number of hydrogen-bond donors (Lipinski definition) is 1. The molecule has 1 heterocycles. The Labute approximate surface area is 102 Å². The zero-order valence-electron chi connectivity index (χ0n) is 9.55. The monoisotopic (exact) mass is 270 g/mol. The van der Waals surface area contributed by atoms with Gasteiger partial charge in [0.15, 0.2) is 6.10 Å². The average molecular weight is 271 g/mol. The summed E-state index contributed by atoms with van der Waals surface area (Å²) in [5.74, 6) is 0. The van der Waals surface area contributed by atoms with Gasteiger partial charge in [0.1, 0.15) is 0 Å². The van der Waals surface area contributed by atoms with Crippen LogP contribution in [0.4, 0.5) is 13.2 Å². The highest BCUT2D eigenvalue weighted by Gasteiger charge is 2.39. The van der Waals surface area contributed by atoms with Crippen molar-refractivity contribution in [3.8, 4) is 0 Å². The van der Waals surface area contributed by atoms with Crippen molar-refractivity contribution >= 4 is 11.6 Å². The van der Waals surface area contributed by atoms with E-state index in [4.69, 9.17) is 16.7 Å². The lowest BCUT2D eigenvalue weighted by atomic mass is 10.1. The maximum absolute atomic E-state index is 12.3. The number of alkyl halides is 3. The van der Waals surface area contributed by atoms with Crippen molar-refractivity contribution in [1.82, 2.24) is 9.78 Å². The third kappa shape index (κ3) is 3.13. The normalized spacial score (nSPS) is 14.1. The fourth-order valence-corrected chi connectivity index (χ4v) is 1.86. The largest absolute Gasteiger partial charge is 0.414 e. The first-order valence-corrected chi connectivity index (χ1v) is 5.67. The van der Waals surface area contributed by atoms with Gasteiger partial charge in [0, 0.05) is 13.0 Å². The number of aromatic nitrogens is 2. The second-order valence-corrected chi connectivity index (χ2v) is 4.02. The third-order valence-electron chi connectivity index (χ3n) is 2.46. The van der Waals surface area contributed by atoms with Crippen LogP contribution in [0.2, 0.25) is 5.02 Å². The van der Waals surface area contributed by atoms with Gasteiger partial charge in [-0.3, -0.25) is 4.68 Å². The number of hydrogen-bond acceptors (Lipinski definition) is 2. The fraction of sp³-hybridized carbons (Fsp3) is 0.700. The first-order chi connectivity index (χ1) is 7.81. The zero-order chi connectivity index (χ0) is 13.2. The summed E-state index contributed by atoms with van der Waals surface area (Å²) in [7, 11) is 0. The van der Waals surface area contributed by atoms with Crippen LogP contribution in [0.5, 0.6) is 0 Å². The van der Waals surface area contributed by atoms with Gasteiger partial charge in [-0.1, -0.05) is 18.5 Å².